The second kappa shape index (κ2) is 5.13. The molecule has 0 bridgehead atoms. The molecule has 0 aliphatic carbocycles. The lowest BCUT2D eigenvalue weighted by Crippen LogP contribution is -2.26. The van der Waals surface area contributed by atoms with Gasteiger partial charge in [0.2, 0.25) is 0 Å². The summed E-state index contributed by atoms with van der Waals surface area (Å²) in [6.45, 7) is 7.60. The van der Waals surface area contributed by atoms with Crippen molar-refractivity contribution in [2.45, 2.75) is 51.5 Å². The second-order valence-corrected chi connectivity index (χ2v) is 4.89. The van der Waals surface area contributed by atoms with Gasteiger partial charge in [0.05, 0.1) is 6.67 Å². The highest BCUT2D eigenvalue weighted by atomic mass is 15.4. The van der Waals surface area contributed by atoms with Gasteiger partial charge in [0, 0.05) is 12.6 Å². The van der Waals surface area contributed by atoms with Gasteiger partial charge in [-0.2, -0.15) is 0 Å². The molecule has 2 aliphatic heterocycles. The van der Waals surface area contributed by atoms with Crippen LogP contribution in [0.4, 0.5) is 0 Å². The summed E-state index contributed by atoms with van der Waals surface area (Å²) in [7, 11) is 0. The first-order chi connectivity index (χ1) is 6.90. The fourth-order valence-corrected chi connectivity index (χ4v) is 2.82. The molecule has 0 saturated carbocycles. The number of hydrogen-bond acceptors (Lipinski definition) is 2. The molecule has 0 N–H and O–H groups in total. The predicted molar refractivity (Wildman–Crippen MR) is 60.3 cm³/mol. The van der Waals surface area contributed by atoms with Crippen molar-refractivity contribution in [1.82, 2.24) is 9.80 Å². The Kier molecular flexibility index (Phi) is 3.82. The molecule has 2 aliphatic rings. The zero-order valence-corrected chi connectivity index (χ0v) is 9.54. The van der Waals surface area contributed by atoms with Crippen LogP contribution < -0.4 is 0 Å². The van der Waals surface area contributed by atoms with Gasteiger partial charge < -0.3 is 0 Å². The molecule has 2 rings (SSSR count). The Morgan fingerprint density at radius 2 is 2.14 bits per heavy atom. The van der Waals surface area contributed by atoms with E-state index in [4.69, 9.17) is 0 Å². The lowest BCUT2D eigenvalue weighted by Gasteiger charge is -2.16. The third-order valence-electron chi connectivity index (χ3n) is 3.68. The van der Waals surface area contributed by atoms with Crippen LogP contribution in [0.5, 0.6) is 0 Å². The molecule has 0 aromatic heterocycles. The van der Waals surface area contributed by atoms with Crippen LogP contribution in [0.15, 0.2) is 0 Å². The number of fused-ring (bicyclic) bond motifs is 1. The lowest BCUT2D eigenvalue weighted by molar-refractivity contribution is 0.248. The minimum atomic E-state index is 0.918. The van der Waals surface area contributed by atoms with Crippen LogP contribution in [0.1, 0.15) is 45.4 Å². The lowest BCUT2D eigenvalue weighted by atomic mass is 10.2. The van der Waals surface area contributed by atoms with Crippen LogP contribution in [-0.2, 0) is 0 Å². The van der Waals surface area contributed by atoms with E-state index in [1.165, 1.54) is 64.8 Å². The van der Waals surface area contributed by atoms with Crippen LogP contribution in [0, 0.1) is 0 Å². The molecule has 2 fully saturated rings. The summed E-state index contributed by atoms with van der Waals surface area (Å²) < 4.78 is 0. The van der Waals surface area contributed by atoms with Crippen LogP contribution in [0.3, 0.4) is 0 Å². The Morgan fingerprint density at radius 1 is 1.21 bits per heavy atom. The first-order valence-corrected chi connectivity index (χ1v) is 6.36. The maximum atomic E-state index is 2.67. The SMILES string of the molecule is CCCCCCN1CC2CCCN2C1. The number of unbranched alkanes of at least 4 members (excludes halogenated alkanes) is 3. The zero-order chi connectivity index (χ0) is 9.80. The molecule has 0 radical (unpaired) electrons. The molecule has 2 saturated heterocycles. The highest BCUT2D eigenvalue weighted by molar-refractivity contribution is 4.87. The van der Waals surface area contributed by atoms with Crippen LogP contribution in [-0.4, -0.2) is 42.1 Å². The van der Waals surface area contributed by atoms with Crippen molar-refractivity contribution in [2.75, 3.05) is 26.3 Å². The van der Waals surface area contributed by atoms with Gasteiger partial charge in [-0.15, -0.1) is 0 Å². The first-order valence-electron chi connectivity index (χ1n) is 6.36. The van der Waals surface area contributed by atoms with E-state index < -0.39 is 0 Å². The number of hydrogen-bond donors (Lipinski definition) is 0. The van der Waals surface area contributed by atoms with E-state index in [0.717, 1.165) is 6.04 Å². The standard InChI is InChI=1S/C12H24N2/c1-2-3-4-5-8-13-10-12-7-6-9-14(12)11-13/h12H,2-11H2,1H3. The molecular formula is C12H24N2. The summed E-state index contributed by atoms with van der Waals surface area (Å²) in [6.07, 6.45) is 8.50. The summed E-state index contributed by atoms with van der Waals surface area (Å²) in [5.41, 5.74) is 0. The van der Waals surface area contributed by atoms with Crippen molar-refractivity contribution >= 4 is 0 Å². The first kappa shape index (κ1) is 10.4. The minimum Gasteiger partial charge on any atom is -0.289 e. The second-order valence-electron chi connectivity index (χ2n) is 4.89. The Hall–Kier alpha value is -0.0800. The van der Waals surface area contributed by atoms with E-state index >= 15 is 0 Å². The van der Waals surface area contributed by atoms with Gasteiger partial charge in [0.15, 0.2) is 0 Å². The van der Waals surface area contributed by atoms with E-state index in [2.05, 4.69) is 16.7 Å². The van der Waals surface area contributed by atoms with Crippen molar-refractivity contribution in [2.24, 2.45) is 0 Å². The van der Waals surface area contributed by atoms with Crippen molar-refractivity contribution < 1.29 is 0 Å². The van der Waals surface area contributed by atoms with Gasteiger partial charge >= 0.3 is 0 Å². The average molecular weight is 196 g/mol. The van der Waals surface area contributed by atoms with Gasteiger partial charge in [-0.25, -0.2) is 0 Å². The predicted octanol–water partition coefficient (Wildman–Crippen LogP) is 2.30. The summed E-state index contributed by atoms with van der Waals surface area (Å²) in [4.78, 5) is 5.32. The molecule has 14 heavy (non-hydrogen) atoms. The van der Waals surface area contributed by atoms with E-state index in [9.17, 15) is 0 Å². The summed E-state index contributed by atoms with van der Waals surface area (Å²) >= 11 is 0. The largest absolute Gasteiger partial charge is 0.289 e. The van der Waals surface area contributed by atoms with Gasteiger partial charge in [0.25, 0.3) is 0 Å². The molecule has 2 heterocycles. The molecule has 82 valence electrons. The maximum absolute atomic E-state index is 2.67. The van der Waals surface area contributed by atoms with Gasteiger partial charge in [-0.1, -0.05) is 26.2 Å². The average Bonchev–Trinajstić information content (AvgIpc) is 2.72. The third-order valence-corrected chi connectivity index (χ3v) is 3.68. The summed E-state index contributed by atoms with van der Waals surface area (Å²) in [6, 6.07) is 0.918. The highest BCUT2D eigenvalue weighted by Gasteiger charge is 2.32. The molecule has 0 spiro atoms. The van der Waals surface area contributed by atoms with Gasteiger partial charge in [-0.3, -0.25) is 9.80 Å². The normalized spacial score (nSPS) is 28.5. The fourth-order valence-electron chi connectivity index (χ4n) is 2.82. The topological polar surface area (TPSA) is 6.48 Å². The van der Waals surface area contributed by atoms with Crippen molar-refractivity contribution in [1.29, 1.82) is 0 Å². The van der Waals surface area contributed by atoms with E-state index in [1.54, 1.807) is 0 Å². The zero-order valence-electron chi connectivity index (χ0n) is 9.54. The van der Waals surface area contributed by atoms with Crippen molar-refractivity contribution in [3.63, 3.8) is 0 Å². The van der Waals surface area contributed by atoms with Crippen LogP contribution >= 0.6 is 0 Å². The molecule has 0 amide bonds. The highest BCUT2D eigenvalue weighted by Crippen LogP contribution is 2.24. The summed E-state index contributed by atoms with van der Waals surface area (Å²) in [5, 5.41) is 0. The van der Waals surface area contributed by atoms with E-state index in [-0.39, 0.29) is 0 Å². The van der Waals surface area contributed by atoms with E-state index in [1.807, 2.05) is 0 Å². The van der Waals surface area contributed by atoms with Gasteiger partial charge in [0.1, 0.15) is 0 Å². The molecule has 2 nitrogen and oxygen atoms in total. The minimum absolute atomic E-state index is 0.918. The molecule has 0 aromatic carbocycles. The Morgan fingerprint density at radius 3 is 2.93 bits per heavy atom. The van der Waals surface area contributed by atoms with Gasteiger partial charge in [-0.05, 0) is 32.4 Å². The Bertz CT molecular complexity index is 158. The molecule has 1 unspecified atom stereocenters. The maximum Gasteiger partial charge on any atom is 0.0510 e. The smallest absolute Gasteiger partial charge is 0.0510 e. The molecule has 2 heteroatoms. The number of rotatable bonds is 5. The Balaban J connectivity index is 1.60. The van der Waals surface area contributed by atoms with Crippen molar-refractivity contribution in [3.05, 3.63) is 0 Å². The van der Waals surface area contributed by atoms with Crippen LogP contribution in [0.25, 0.3) is 0 Å². The molecular weight excluding hydrogens is 172 g/mol. The fraction of sp³-hybridized carbons (Fsp3) is 1.00. The quantitative estimate of drug-likeness (QED) is 0.623. The molecule has 0 aromatic rings. The monoisotopic (exact) mass is 196 g/mol. The van der Waals surface area contributed by atoms with Crippen molar-refractivity contribution in [3.8, 4) is 0 Å². The number of nitrogens with zero attached hydrogens (tertiary/aromatic N) is 2. The van der Waals surface area contributed by atoms with Crippen LogP contribution in [0.2, 0.25) is 0 Å². The third kappa shape index (κ3) is 2.48. The Labute approximate surface area is 88.3 Å². The molecule has 1 atom stereocenters. The van der Waals surface area contributed by atoms with E-state index in [0.29, 0.717) is 0 Å². The summed E-state index contributed by atoms with van der Waals surface area (Å²) in [5.74, 6) is 0.